The minimum Gasteiger partial charge on any atom is -0.352 e. The summed E-state index contributed by atoms with van der Waals surface area (Å²) in [6, 6.07) is 0. The van der Waals surface area contributed by atoms with Gasteiger partial charge >= 0.3 is 0 Å². The monoisotopic (exact) mass is 249 g/mol. The van der Waals surface area contributed by atoms with Gasteiger partial charge in [0, 0.05) is 22.8 Å². The molecule has 0 aromatic carbocycles. The fraction of sp³-hybridized carbons (Fsp3) is 0.357. The lowest BCUT2D eigenvalue weighted by atomic mass is 10.1. The number of thioether (sulfide) groups is 1. The maximum Gasteiger partial charge on any atom is 0.246 e. The van der Waals surface area contributed by atoms with Gasteiger partial charge in [0.2, 0.25) is 5.91 Å². The van der Waals surface area contributed by atoms with E-state index < -0.39 is 0 Å². The number of carbonyl (C=O) groups excluding carboxylic acids is 1. The molecule has 0 spiro atoms. The van der Waals surface area contributed by atoms with Crippen LogP contribution >= 0.6 is 11.8 Å². The Morgan fingerprint density at radius 3 is 2.82 bits per heavy atom. The van der Waals surface area contributed by atoms with E-state index in [2.05, 4.69) is 36.7 Å². The third-order valence-electron chi connectivity index (χ3n) is 2.37. The maximum atomic E-state index is 11.2. The molecule has 92 valence electrons. The zero-order chi connectivity index (χ0) is 12.7. The van der Waals surface area contributed by atoms with Crippen LogP contribution in [-0.4, -0.2) is 18.2 Å². The third kappa shape index (κ3) is 5.09. The second kappa shape index (κ2) is 7.17. The number of nitrogens with one attached hydrogen (secondary N) is 1. The van der Waals surface area contributed by atoms with E-state index in [4.69, 9.17) is 0 Å². The highest BCUT2D eigenvalue weighted by Crippen LogP contribution is 2.25. The molecular weight excluding hydrogens is 230 g/mol. The first-order valence-corrected chi connectivity index (χ1v) is 6.72. The van der Waals surface area contributed by atoms with Crippen molar-refractivity contribution in [2.24, 2.45) is 0 Å². The van der Waals surface area contributed by atoms with Crippen LogP contribution in [0.15, 0.2) is 47.4 Å². The van der Waals surface area contributed by atoms with E-state index >= 15 is 0 Å². The molecule has 0 bridgehead atoms. The van der Waals surface area contributed by atoms with Gasteiger partial charge in [-0.1, -0.05) is 31.4 Å². The van der Waals surface area contributed by atoms with Crippen LogP contribution in [0.2, 0.25) is 0 Å². The summed E-state index contributed by atoms with van der Waals surface area (Å²) in [6.07, 6.45) is 8.71. The molecule has 1 N–H and O–H groups in total. The Labute approximate surface area is 108 Å². The SMILES string of the molecule is C=C(C)C(=O)NCCSC(=C)C1=CCCC=C1. The van der Waals surface area contributed by atoms with Gasteiger partial charge in [-0.25, -0.2) is 0 Å². The van der Waals surface area contributed by atoms with Gasteiger partial charge in [0.1, 0.15) is 0 Å². The van der Waals surface area contributed by atoms with Gasteiger partial charge in [-0.2, -0.15) is 0 Å². The van der Waals surface area contributed by atoms with Crippen LogP contribution in [0.1, 0.15) is 19.8 Å². The molecule has 17 heavy (non-hydrogen) atoms. The molecule has 0 saturated heterocycles. The van der Waals surface area contributed by atoms with Crippen molar-refractivity contribution in [1.82, 2.24) is 5.32 Å². The number of rotatable bonds is 6. The van der Waals surface area contributed by atoms with Gasteiger partial charge < -0.3 is 5.32 Å². The molecule has 1 aliphatic carbocycles. The van der Waals surface area contributed by atoms with Gasteiger partial charge in [0.25, 0.3) is 0 Å². The van der Waals surface area contributed by atoms with Crippen molar-refractivity contribution in [2.75, 3.05) is 12.3 Å². The zero-order valence-electron chi connectivity index (χ0n) is 10.3. The number of amides is 1. The number of carbonyl (C=O) groups is 1. The summed E-state index contributed by atoms with van der Waals surface area (Å²) in [7, 11) is 0. The Bertz CT molecular complexity index is 380. The molecule has 1 rings (SSSR count). The number of hydrogen-bond acceptors (Lipinski definition) is 2. The highest BCUT2D eigenvalue weighted by molar-refractivity contribution is 8.03. The molecule has 0 aliphatic heterocycles. The van der Waals surface area contributed by atoms with Crippen molar-refractivity contribution >= 4 is 17.7 Å². The van der Waals surface area contributed by atoms with Crippen molar-refractivity contribution in [3.8, 4) is 0 Å². The molecule has 0 fully saturated rings. The third-order valence-corrected chi connectivity index (χ3v) is 3.36. The summed E-state index contributed by atoms with van der Waals surface area (Å²) >= 11 is 1.68. The van der Waals surface area contributed by atoms with E-state index in [0.717, 1.165) is 23.5 Å². The molecule has 0 aromatic heterocycles. The van der Waals surface area contributed by atoms with Crippen LogP contribution in [0, 0.1) is 0 Å². The van der Waals surface area contributed by atoms with E-state index in [9.17, 15) is 4.79 Å². The van der Waals surface area contributed by atoms with Crippen LogP contribution in [0.25, 0.3) is 0 Å². The number of hydrogen-bond donors (Lipinski definition) is 1. The van der Waals surface area contributed by atoms with Crippen molar-refractivity contribution < 1.29 is 4.79 Å². The minimum absolute atomic E-state index is 0.0759. The molecule has 0 atom stereocenters. The molecule has 0 radical (unpaired) electrons. The minimum atomic E-state index is -0.0759. The smallest absolute Gasteiger partial charge is 0.246 e. The van der Waals surface area contributed by atoms with E-state index in [1.807, 2.05) is 0 Å². The van der Waals surface area contributed by atoms with Gasteiger partial charge in [-0.15, -0.1) is 11.8 Å². The molecule has 3 heteroatoms. The lowest BCUT2D eigenvalue weighted by Crippen LogP contribution is -2.25. The Morgan fingerprint density at radius 2 is 2.24 bits per heavy atom. The van der Waals surface area contributed by atoms with Crippen LogP contribution < -0.4 is 5.32 Å². The van der Waals surface area contributed by atoms with Crippen molar-refractivity contribution in [3.05, 3.63) is 47.4 Å². The topological polar surface area (TPSA) is 29.1 Å². The molecule has 0 aromatic rings. The standard InChI is InChI=1S/C14H19NOS/c1-11(2)14(16)15-9-10-17-12(3)13-7-5-4-6-8-13/h5,7-8H,1,3-4,6,9-10H2,2H3,(H,15,16). The zero-order valence-corrected chi connectivity index (χ0v) is 11.1. The van der Waals surface area contributed by atoms with Gasteiger partial charge in [0.15, 0.2) is 0 Å². The molecule has 1 amide bonds. The molecule has 0 unspecified atom stereocenters. The normalized spacial score (nSPS) is 14.1. The first-order valence-electron chi connectivity index (χ1n) is 5.73. The fourth-order valence-corrected chi connectivity index (χ4v) is 2.16. The van der Waals surface area contributed by atoms with Crippen molar-refractivity contribution in [1.29, 1.82) is 0 Å². The maximum absolute atomic E-state index is 11.2. The average Bonchev–Trinajstić information content (AvgIpc) is 2.35. The van der Waals surface area contributed by atoms with E-state index in [1.54, 1.807) is 18.7 Å². The quantitative estimate of drug-likeness (QED) is 0.578. The summed E-state index contributed by atoms with van der Waals surface area (Å²) in [5, 5.41) is 2.80. The highest BCUT2D eigenvalue weighted by atomic mass is 32.2. The summed E-state index contributed by atoms with van der Waals surface area (Å²) < 4.78 is 0. The highest BCUT2D eigenvalue weighted by Gasteiger charge is 2.04. The van der Waals surface area contributed by atoms with E-state index in [1.165, 1.54) is 5.57 Å². The molecule has 0 saturated carbocycles. The Hall–Kier alpha value is -1.22. The summed E-state index contributed by atoms with van der Waals surface area (Å²) in [4.78, 5) is 12.3. The summed E-state index contributed by atoms with van der Waals surface area (Å²) in [5.41, 5.74) is 1.76. The van der Waals surface area contributed by atoms with Crippen LogP contribution in [0.3, 0.4) is 0 Å². The average molecular weight is 249 g/mol. The van der Waals surface area contributed by atoms with Crippen molar-refractivity contribution in [2.45, 2.75) is 19.8 Å². The predicted octanol–water partition coefficient (Wildman–Crippen LogP) is 3.20. The second-order valence-corrected chi connectivity index (χ2v) is 5.14. The van der Waals surface area contributed by atoms with Crippen LogP contribution in [-0.2, 0) is 4.79 Å². The van der Waals surface area contributed by atoms with Crippen LogP contribution in [0.5, 0.6) is 0 Å². The van der Waals surface area contributed by atoms with Gasteiger partial charge in [0.05, 0.1) is 0 Å². The summed E-state index contributed by atoms with van der Waals surface area (Å²) in [5.74, 6) is 0.760. The van der Waals surface area contributed by atoms with Crippen molar-refractivity contribution in [3.63, 3.8) is 0 Å². The Kier molecular flexibility index (Phi) is 5.84. The summed E-state index contributed by atoms with van der Waals surface area (Å²) in [6.45, 7) is 9.98. The van der Waals surface area contributed by atoms with E-state index in [0.29, 0.717) is 12.1 Å². The predicted molar refractivity (Wildman–Crippen MR) is 75.9 cm³/mol. The second-order valence-electron chi connectivity index (χ2n) is 3.95. The fourth-order valence-electron chi connectivity index (χ4n) is 1.39. The molecular formula is C14H19NOS. The molecule has 1 aliphatic rings. The van der Waals surface area contributed by atoms with Gasteiger partial charge in [-0.05, 0) is 25.3 Å². The largest absolute Gasteiger partial charge is 0.352 e. The lowest BCUT2D eigenvalue weighted by Gasteiger charge is -2.10. The van der Waals surface area contributed by atoms with Gasteiger partial charge in [-0.3, -0.25) is 4.79 Å². The first-order chi connectivity index (χ1) is 8.11. The van der Waals surface area contributed by atoms with E-state index in [-0.39, 0.29) is 5.91 Å². The Balaban J connectivity index is 2.21. The van der Waals surface area contributed by atoms with Crippen LogP contribution in [0.4, 0.5) is 0 Å². The first kappa shape index (κ1) is 13.8. The number of allylic oxidation sites excluding steroid dienone is 4. The molecule has 0 heterocycles. The molecule has 2 nitrogen and oxygen atoms in total. The lowest BCUT2D eigenvalue weighted by molar-refractivity contribution is -0.117. The Morgan fingerprint density at radius 1 is 1.47 bits per heavy atom.